The Labute approximate surface area is 190 Å². The molecule has 1 saturated heterocycles. The molecule has 10 nitrogen and oxygen atoms in total. The molecular weight excluding hydrogens is 426 g/mol. The van der Waals surface area contributed by atoms with Crippen LogP contribution in [0.15, 0.2) is 47.0 Å². The molecule has 1 amide bonds. The van der Waals surface area contributed by atoms with Gasteiger partial charge in [-0.1, -0.05) is 35.0 Å². The van der Waals surface area contributed by atoms with Crippen LogP contribution in [0.25, 0.3) is 11.4 Å². The van der Waals surface area contributed by atoms with Gasteiger partial charge in [0.25, 0.3) is 5.91 Å². The van der Waals surface area contributed by atoms with E-state index in [0.29, 0.717) is 51.0 Å². The highest BCUT2D eigenvalue weighted by atomic mass is 16.6. The summed E-state index contributed by atoms with van der Waals surface area (Å²) in [5.74, 6) is 0.997. The number of hydrogen-bond acceptors (Lipinski definition) is 8. The van der Waals surface area contributed by atoms with E-state index in [1.165, 1.54) is 12.1 Å². The van der Waals surface area contributed by atoms with Gasteiger partial charge >= 0.3 is 5.69 Å². The van der Waals surface area contributed by atoms with Gasteiger partial charge < -0.3 is 14.2 Å². The van der Waals surface area contributed by atoms with Crippen molar-refractivity contribution in [2.75, 3.05) is 32.8 Å². The molecule has 10 heteroatoms. The van der Waals surface area contributed by atoms with Crippen molar-refractivity contribution < 1.29 is 19.0 Å². The lowest BCUT2D eigenvalue weighted by atomic mass is 10.1. The Kier molecular flexibility index (Phi) is 6.64. The number of aryl methyl sites for hydroxylation is 1. The zero-order valence-electron chi connectivity index (χ0n) is 18.6. The van der Waals surface area contributed by atoms with E-state index in [9.17, 15) is 14.9 Å². The van der Waals surface area contributed by atoms with Crippen molar-refractivity contribution in [3.63, 3.8) is 0 Å². The predicted octanol–water partition coefficient (Wildman–Crippen LogP) is 3.31. The largest absolute Gasteiger partial charge is 0.487 e. The first-order chi connectivity index (χ1) is 15.9. The monoisotopic (exact) mass is 451 g/mol. The van der Waals surface area contributed by atoms with E-state index >= 15 is 0 Å². The van der Waals surface area contributed by atoms with Crippen LogP contribution in [0, 0.1) is 17.0 Å². The highest BCUT2D eigenvalue weighted by Gasteiger charge is 2.26. The summed E-state index contributed by atoms with van der Waals surface area (Å²) in [4.78, 5) is 32.0. The molecular formula is C23H25N5O5. The van der Waals surface area contributed by atoms with Gasteiger partial charge in [0.1, 0.15) is 0 Å². The van der Waals surface area contributed by atoms with Gasteiger partial charge in [-0.3, -0.25) is 19.8 Å². The SMILES string of the molecule is CCOc1ccc(C(=O)N2CCN(Cc3nc(-c4ccc(C)cc4)no3)CC2)cc1[N+](=O)[O-]. The van der Waals surface area contributed by atoms with Crippen LogP contribution in [0.5, 0.6) is 5.75 Å². The van der Waals surface area contributed by atoms with Crippen molar-refractivity contribution in [2.24, 2.45) is 0 Å². The van der Waals surface area contributed by atoms with Crippen molar-refractivity contribution in [3.05, 3.63) is 69.6 Å². The number of hydrogen-bond donors (Lipinski definition) is 0. The summed E-state index contributed by atoms with van der Waals surface area (Å²) in [7, 11) is 0. The molecule has 1 aromatic heterocycles. The van der Waals surface area contributed by atoms with E-state index in [1.54, 1.807) is 17.9 Å². The Morgan fingerprint density at radius 1 is 1.15 bits per heavy atom. The van der Waals surface area contributed by atoms with Gasteiger partial charge in [-0.05, 0) is 26.0 Å². The third-order valence-corrected chi connectivity index (χ3v) is 5.50. The number of nitro benzene ring substituents is 1. The fourth-order valence-electron chi connectivity index (χ4n) is 3.69. The molecule has 172 valence electrons. The highest BCUT2D eigenvalue weighted by molar-refractivity contribution is 5.95. The third kappa shape index (κ3) is 5.17. The number of ether oxygens (including phenoxy) is 1. The van der Waals surface area contributed by atoms with E-state index in [-0.39, 0.29) is 22.9 Å². The van der Waals surface area contributed by atoms with E-state index in [4.69, 9.17) is 9.26 Å². The maximum Gasteiger partial charge on any atom is 0.311 e. The molecule has 0 unspecified atom stereocenters. The molecule has 33 heavy (non-hydrogen) atoms. The topological polar surface area (TPSA) is 115 Å². The molecule has 0 aliphatic carbocycles. The van der Waals surface area contributed by atoms with Gasteiger partial charge in [-0.25, -0.2) is 0 Å². The Morgan fingerprint density at radius 3 is 2.55 bits per heavy atom. The van der Waals surface area contributed by atoms with Crippen LogP contribution >= 0.6 is 0 Å². The second-order valence-corrected chi connectivity index (χ2v) is 7.82. The first kappa shape index (κ1) is 22.4. The predicted molar refractivity (Wildman–Crippen MR) is 120 cm³/mol. The molecule has 0 radical (unpaired) electrons. The second-order valence-electron chi connectivity index (χ2n) is 7.82. The van der Waals surface area contributed by atoms with Crippen LogP contribution in [0.3, 0.4) is 0 Å². The third-order valence-electron chi connectivity index (χ3n) is 5.50. The van der Waals surface area contributed by atoms with Gasteiger partial charge in [-0.15, -0.1) is 0 Å². The zero-order valence-corrected chi connectivity index (χ0v) is 18.6. The molecule has 0 N–H and O–H groups in total. The molecule has 1 fully saturated rings. The Hall–Kier alpha value is -3.79. The van der Waals surface area contributed by atoms with Gasteiger partial charge in [0.2, 0.25) is 11.7 Å². The fourth-order valence-corrected chi connectivity index (χ4v) is 3.69. The molecule has 0 bridgehead atoms. The summed E-state index contributed by atoms with van der Waals surface area (Å²) >= 11 is 0. The standard InChI is InChI=1S/C23H25N5O5/c1-3-32-20-9-8-18(14-19(20)28(30)31)23(29)27-12-10-26(11-13-27)15-21-24-22(25-33-21)17-6-4-16(2)5-7-17/h4-9,14H,3,10-13,15H2,1-2H3. The molecule has 3 aromatic rings. The van der Waals surface area contributed by atoms with E-state index < -0.39 is 4.92 Å². The Bertz CT molecular complexity index is 1140. The smallest absolute Gasteiger partial charge is 0.311 e. The first-order valence-electron chi connectivity index (χ1n) is 10.8. The molecule has 2 aromatic carbocycles. The number of aromatic nitrogens is 2. The molecule has 2 heterocycles. The van der Waals surface area contributed by atoms with Crippen LogP contribution in [0.4, 0.5) is 5.69 Å². The minimum Gasteiger partial charge on any atom is -0.487 e. The number of benzene rings is 2. The number of amides is 1. The van der Waals surface area contributed by atoms with Gasteiger partial charge in [0, 0.05) is 43.4 Å². The Balaban J connectivity index is 1.35. The number of carbonyl (C=O) groups excluding carboxylic acids is 1. The molecule has 4 rings (SSSR count). The van der Waals surface area contributed by atoms with Crippen LogP contribution in [0.2, 0.25) is 0 Å². The van der Waals surface area contributed by atoms with Crippen molar-refractivity contribution in [1.29, 1.82) is 0 Å². The number of carbonyl (C=O) groups is 1. The molecule has 1 aliphatic heterocycles. The van der Waals surface area contributed by atoms with Crippen molar-refractivity contribution >= 4 is 11.6 Å². The van der Waals surface area contributed by atoms with Crippen molar-refractivity contribution in [3.8, 4) is 17.1 Å². The number of rotatable bonds is 7. The second kappa shape index (κ2) is 9.78. The molecule has 0 spiro atoms. The minimum absolute atomic E-state index is 0.161. The zero-order chi connectivity index (χ0) is 23.4. The Morgan fingerprint density at radius 2 is 1.88 bits per heavy atom. The lowest BCUT2D eigenvalue weighted by molar-refractivity contribution is -0.385. The highest BCUT2D eigenvalue weighted by Crippen LogP contribution is 2.28. The fraction of sp³-hybridized carbons (Fsp3) is 0.348. The van der Waals surface area contributed by atoms with Crippen LogP contribution in [0.1, 0.15) is 28.7 Å². The van der Waals surface area contributed by atoms with E-state index in [1.807, 2.05) is 31.2 Å². The number of nitro groups is 1. The number of piperazine rings is 1. The maximum atomic E-state index is 12.9. The van der Waals surface area contributed by atoms with Gasteiger partial charge in [-0.2, -0.15) is 4.98 Å². The molecule has 0 atom stereocenters. The van der Waals surface area contributed by atoms with Crippen LogP contribution in [-0.2, 0) is 6.54 Å². The van der Waals surface area contributed by atoms with Crippen molar-refractivity contribution in [1.82, 2.24) is 19.9 Å². The summed E-state index contributed by atoms with van der Waals surface area (Å²) < 4.78 is 10.7. The summed E-state index contributed by atoms with van der Waals surface area (Å²) in [5.41, 5.74) is 2.13. The summed E-state index contributed by atoms with van der Waals surface area (Å²) in [6.45, 7) is 6.84. The molecule has 0 saturated carbocycles. The minimum atomic E-state index is -0.533. The quantitative estimate of drug-likeness (QED) is 0.397. The average molecular weight is 451 g/mol. The lowest BCUT2D eigenvalue weighted by Gasteiger charge is -2.34. The number of nitrogens with zero attached hydrogens (tertiary/aromatic N) is 5. The molecule has 1 aliphatic rings. The maximum absolute atomic E-state index is 12.9. The normalized spacial score (nSPS) is 14.3. The van der Waals surface area contributed by atoms with Crippen molar-refractivity contribution in [2.45, 2.75) is 20.4 Å². The summed E-state index contributed by atoms with van der Waals surface area (Å²) in [6.07, 6.45) is 0. The van der Waals surface area contributed by atoms with Crippen LogP contribution < -0.4 is 4.74 Å². The summed E-state index contributed by atoms with van der Waals surface area (Å²) in [5, 5.41) is 15.4. The van der Waals surface area contributed by atoms with Gasteiger partial charge in [0.05, 0.1) is 18.1 Å². The average Bonchev–Trinajstić information content (AvgIpc) is 3.28. The van der Waals surface area contributed by atoms with E-state index in [2.05, 4.69) is 15.0 Å². The van der Waals surface area contributed by atoms with Gasteiger partial charge in [0.15, 0.2) is 5.75 Å². The van der Waals surface area contributed by atoms with E-state index in [0.717, 1.165) is 11.1 Å². The summed E-state index contributed by atoms with van der Waals surface area (Å²) in [6, 6.07) is 12.2. The lowest BCUT2D eigenvalue weighted by Crippen LogP contribution is -2.48. The first-order valence-corrected chi connectivity index (χ1v) is 10.8. The van der Waals surface area contributed by atoms with Crippen LogP contribution in [-0.4, -0.2) is 63.6 Å².